The number of piperazine rings is 1. The minimum Gasteiger partial charge on any atom is -0.353 e. The number of hydrogen-bond donors (Lipinski definition) is 1. The first-order valence-electron chi connectivity index (χ1n) is 11.6. The number of nitrogens with one attached hydrogen (secondary N) is 1. The van der Waals surface area contributed by atoms with Crippen LogP contribution in [0.2, 0.25) is 0 Å². The second-order valence-corrected chi connectivity index (χ2v) is 9.61. The predicted octanol–water partition coefficient (Wildman–Crippen LogP) is 4.34. The molecule has 0 spiro atoms. The molecule has 2 amide bonds. The number of amides is 2. The number of carbonyl (C=O) groups excluding carboxylic acids is 1. The second-order valence-electron chi connectivity index (χ2n) is 9.61. The molecule has 10 heteroatoms. The number of aryl methyl sites for hydroxylation is 1. The highest BCUT2D eigenvalue weighted by Crippen LogP contribution is 2.31. The summed E-state index contributed by atoms with van der Waals surface area (Å²) in [5, 5.41) is 12.1. The summed E-state index contributed by atoms with van der Waals surface area (Å²) < 4.78 is 39.8. The zero-order valence-electron chi connectivity index (χ0n) is 20.5. The normalized spacial score (nSPS) is 14.6. The van der Waals surface area contributed by atoms with Gasteiger partial charge in [-0.3, -0.25) is 0 Å². The number of aromatic nitrogens is 2. The molecule has 0 radical (unpaired) electrons. The van der Waals surface area contributed by atoms with Crippen molar-refractivity contribution in [3.8, 4) is 6.07 Å². The lowest BCUT2D eigenvalue weighted by molar-refractivity contribution is -0.137. The van der Waals surface area contributed by atoms with E-state index < -0.39 is 11.7 Å². The van der Waals surface area contributed by atoms with Crippen molar-refractivity contribution in [3.63, 3.8) is 0 Å². The second kappa shape index (κ2) is 10.5. The van der Waals surface area contributed by atoms with Crippen molar-refractivity contribution in [2.45, 2.75) is 58.7 Å². The molecule has 1 N–H and O–H groups in total. The Kier molecular flexibility index (Phi) is 7.88. The fourth-order valence-corrected chi connectivity index (χ4v) is 4.03. The summed E-state index contributed by atoms with van der Waals surface area (Å²) in [7, 11) is 0. The molecule has 1 aromatic heterocycles. The van der Waals surface area contributed by atoms with Crippen LogP contribution in [0, 0.1) is 11.3 Å². The first-order valence-corrected chi connectivity index (χ1v) is 11.6. The molecule has 2 heterocycles. The molecule has 0 unspecified atom stereocenters. The van der Waals surface area contributed by atoms with Crippen LogP contribution in [0.1, 0.15) is 55.9 Å². The number of hydrogen-bond acceptors (Lipinski definition) is 5. The summed E-state index contributed by atoms with van der Waals surface area (Å²) in [5.74, 6) is 1.01. The molecular formula is C25H31F3N6O. The third kappa shape index (κ3) is 6.84. The van der Waals surface area contributed by atoms with Gasteiger partial charge in [0.1, 0.15) is 11.6 Å². The maximum atomic E-state index is 13.3. The quantitative estimate of drug-likeness (QED) is 0.677. The van der Waals surface area contributed by atoms with Crippen LogP contribution in [-0.2, 0) is 25.4 Å². The van der Waals surface area contributed by atoms with Crippen LogP contribution in [0.5, 0.6) is 0 Å². The Morgan fingerprint density at radius 1 is 1.14 bits per heavy atom. The van der Waals surface area contributed by atoms with E-state index in [1.54, 1.807) is 11.0 Å². The molecule has 1 aliphatic rings. The van der Waals surface area contributed by atoms with Gasteiger partial charge in [0.05, 0.1) is 18.1 Å². The molecule has 0 atom stereocenters. The van der Waals surface area contributed by atoms with Crippen LogP contribution in [0.25, 0.3) is 0 Å². The first kappa shape index (κ1) is 26.3. The van der Waals surface area contributed by atoms with Gasteiger partial charge in [0.25, 0.3) is 0 Å². The number of nitrogens with zero attached hydrogens (tertiary/aromatic N) is 5. The number of urea groups is 1. The van der Waals surface area contributed by atoms with Crippen LogP contribution in [0.4, 0.5) is 23.8 Å². The summed E-state index contributed by atoms with van der Waals surface area (Å²) >= 11 is 0. The highest BCUT2D eigenvalue weighted by molar-refractivity contribution is 5.75. The zero-order valence-corrected chi connectivity index (χ0v) is 20.5. The van der Waals surface area contributed by atoms with Gasteiger partial charge in [-0.05, 0) is 38.8 Å². The van der Waals surface area contributed by atoms with E-state index in [1.165, 1.54) is 6.07 Å². The summed E-state index contributed by atoms with van der Waals surface area (Å²) in [6.45, 7) is 9.67. The lowest BCUT2D eigenvalue weighted by atomic mass is 9.99. The number of anilines is 1. The molecule has 2 aromatic rings. The summed E-state index contributed by atoms with van der Waals surface area (Å²) in [6.07, 6.45) is -3.60. The van der Waals surface area contributed by atoms with Gasteiger partial charge in [-0.25, -0.2) is 14.8 Å². The molecule has 1 aliphatic heterocycles. The van der Waals surface area contributed by atoms with Gasteiger partial charge in [-0.15, -0.1) is 0 Å². The number of carbonyl (C=O) groups is 1. The molecule has 0 aliphatic carbocycles. The van der Waals surface area contributed by atoms with Crippen molar-refractivity contribution >= 4 is 11.8 Å². The Morgan fingerprint density at radius 3 is 2.40 bits per heavy atom. The van der Waals surface area contributed by atoms with Gasteiger partial charge in [-0.2, -0.15) is 18.4 Å². The minimum absolute atomic E-state index is 0.0395. The minimum atomic E-state index is -4.43. The van der Waals surface area contributed by atoms with Gasteiger partial charge >= 0.3 is 12.2 Å². The van der Waals surface area contributed by atoms with E-state index in [-0.39, 0.29) is 24.4 Å². The number of alkyl halides is 3. The van der Waals surface area contributed by atoms with Crippen LogP contribution >= 0.6 is 0 Å². The maximum Gasteiger partial charge on any atom is 0.416 e. The van der Waals surface area contributed by atoms with Crippen LogP contribution in [0.3, 0.4) is 0 Å². The van der Waals surface area contributed by atoms with Crippen molar-refractivity contribution in [1.82, 2.24) is 20.2 Å². The molecule has 188 valence electrons. The van der Waals surface area contributed by atoms with E-state index in [9.17, 15) is 23.2 Å². The third-order valence-corrected chi connectivity index (χ3v) is 5.67. The third-order valence-electron chi connectivity index (χ3n) is 5.67. The summed E-state index contributed by atoms with van der Waals surface area (Å²) in [5.41, 5.74) is 0.929. The lowest BCUT2D eigenvalue weighted by Crippen LogP contribution is -2.55. The molecule has 7 nitrogen and oxygen atoms in total. The van der Waals surface area contributed by atoms with Crippen LogP contribution in [-0.4, -0.2) is 52.6 Å². The zero-order chi connectivity index (χ0) is 25.8. The Balaban J connectivity index is 1.92. The fraction of sp³-hybridized carbons (Fsp3) is 0.520. The standard InChI is InChI=1S/C25H31F3N6O/c1-5-20-19(16-17-7-6-8-18(15-17)25(26,27)28)22(31-21(30-20)9-10-29)33-11-13-34(14-12-33)23(35)32-24(2,3)4/h6-8,15H,5,9,11-14,16H2,1-4H3,(H,32,35). The molecule has 0 saturated carbocycles. The van der Waals surface area contributed by atoms with E-state index in [4.69, 9.17) is 0 Å². The maximum absolute atomic E-state index is 13.3. The van der Waals surface area contributed by atoms with Crippen LogP contribution in [0.15, 0.2) is 24.3 Å². The highest BCUT2D eigenvalue weighted by atomic mass is 19.4. The predicted molar refractivity (Wildman–Crippen MR) is 127 cm³/mol. The summed E-state index contributed by atoms with van der Waals surface area (Å²) in [6, 6.07) is 7.21. The fourth-order valence-electron chi connectivity index (χ4n) is 4.03. The van der Waals surface area contributed by atoms with E-state index >= 15 is 0 Å². The Morgan fingerprint density at radius 2 is 1.83 bits per heavy atom. The Labute approximate surface area is 204 Å². The van der Waals surface area contributed by atoms with E-state index in [2.05, 4.69) is 21.4 Å². The number of nitriles is 1. The van der Waals surface area contributed by atoms with Gasteiger partial charge in [-0.1, -0.05) is 25.1 Å². The van der Waals surface area contributed by atoms with Crippen molar-refractivity contribution in [2.24, 2.45) is 0 Å². The van der Waals surface area contributed by atoms with E-state index in [0.29, 0.717) is 55.5 Å². The molecule has 0 bridgehead atoms. The largest absolute Gasteiger partial charge is 0.416 e. The summed E-state index contributed by atoms with van der Waals surface area (Å²) in [4.78, 5) is 25.5. The van der Waals surface area contributed by atoms with Gasteiger partial charge in [0, 0.05) is 49.4 Å². The highest BCUT2D eigenvalue weighted by Gasteiger charge is 2.31. The van der Waals surface area contributed by atoms with Crippen molar-refractivity contribution in [1.29, 1.82) is 5.26 Å². The van der Waals surface area contributed by atoms with Crippen molar-refractivity contribution in [2.75, 3.05) is 31.1 Å². The molecule has 1 fully saturated rings. The molecular weight excluding hydrogens is 457 g/mol. The van der Waals surface area contributed by atoms with Gasteiger partial charge in [0.15, 0.2) is 0 Å². The van der Waals surface area contributed by atoms with Crippen molar-refractivity contribution in [3.05, 3.63) is 52.5 Å². The SMILES string of the molecule is CCc1nc(CC#N)nc(N2CCN(C(=O)NC(C)(C)C)CC2)c1Cc1cccc(C(F)(F)F)c1. The smallest absolute Gasteiger partial charge is 0.353 e. The monoisotopic (exact) mass is 488 g/mol. The average Bonchev–Trinajstić information content (AvgIpc) is 2.78. The number of halogens is 3. The molecule has 1 saturated heterocycles. The topological polar surface area (TPSA) is 85.2 Å². The number of benzene rings is 1. The Hall–Kier alpha value is -3.35. The van der Waals surface area contributed by atoms with Gasteiger partial charge < -0.3 is 15.1 Å². The molecule has 1 aromatic carbocycles. The van der Waals surface area contributed by atoms with Crippen LogP contribution < -0.4 is 10.2 Å². The van der Waals surface area contributed by atoms with Gasteiger partial charge in [0.2, 0.25) is 0 Å². The average molecular weight is 489 g/mol. The molecule has 35 heavy (non-hydrogen) atoms. The van der Waals surface area contributed by atoms with E-state index in [0.717, 1.165) is 17.7 Å². The Bertz CT molecular complexity index is 1100. The number of rotatable bonds is 5. The lowest BCUT2D eigenvalue weighted by Gasteiger charge is -2.37. The molecule has 3 rings (SSSR count). The van der Waals surface area contributed by atoms with E-state index in [1.807, 2.05) is 32.6 Å². The first-order chi connectivity index (χ1) is 16.4. The van der Waals surface area contributed by atoms with Crippen molar-refractivity contribution < 1.29 is 18.0 Å².